The van der Waals surface area contributed by atoms with Gasteiger partial charge >= 0.3 is 6.18 Å². The third kappa shape index (κ3) is 4.05. The van der Waals surface area contributed by atoms with Gasteiger partial charge in [-0.15, -0.1) is 0 Å². The largest absolute Gasteiger partial charge is 0.416 e. The Balaban J connectivity index is 1.63. The van der Waals surface area contributed by atoms with E-state index in [0.29, 0.717) is 37.4 Å². The number of amides is 2. The molecule has 2 N–H and O–H groups in total. The molecule has 1 aliphatic heterocycles. The molecule has 5 nitrogen and oxygen atoms in total. The van der Waals surface area contributed by atoms with Crippen LogP contribution in [0.2, 0.25) is 0 Å². The van der Waals surface area contributed by atoms with Gasteiger partial charge in [0.15, 0.2) is 0 Å². The highest BCUT2D eigenvalue weighted by molar-refractivity contribution is 5.99. The quantitative estimate of drug-likeness (QED) is 0.819. The molecule has 0 spiro atoms. The number of halogens is 3. The number of carbonyl (C=O) groups excluding carboxylic acids is 2. The average molecular weight is 377 g/mol. The van der Waals surface area contributed by atoms with Crippen molar-refractivity contribution in [3.8, 4) is 0 Å². The van der Waals surface area contributed by atoms with Gasteiger partial charge in [-0.25, -0.2) is 0 Å². The standard InChI is InChI=1S/C19H18F3N3O2/c20-19(21,22)14-7-5-13(6-8-14)17(26)24-9-11-25(12-10-24)18(27)15-3-1-2-4-16(15)23/h1-8H,9-12,23H2. The monoisotopic (exact) mass is 377 g/mol. The average Bonchev–Trinajstić information content (AvgIpc) is 2.67. The molecule has 1 heterocycles. The number of alkyl halides is 3. The lowest BCUT2D eigenvalue weighted by Gasteiger charge is -2.35. The number of benzene rings is 2. The molecule has 0 bridgehead atoms. The van der Waals surface area contributed by atoms with Crippen LogP contribution in [0.25, 0.3) is 0 Å². The summed E-state index contributed by atoms with van der Waals surface area (Å²) in [6.45, 7) is 1.27. The first kappa shape index (κ1) is 18.8. The second-order valence-electron chi connectivity index (χ2n) is 6.25. The van der Waals surface area contributed by atoms with Crippen LogP contribution in [0.5, 0.6) is 0 Å². The molecule has 0 aliphatic carbocycles. The molecule has 0 radical (unpaired) electrons. The van der Waals surface area contributed by atoms with E-state index < -0.39 is 11.7 Å². The fourth-order valence-corrected chi connectivity index (χ4v) is 2.96. The topological polar surface area (TPSA) is 66.6 Å². The highest BCUT2D eigenvalue weighted by Gasteiger charge is 2.31. The molecule has 0 aromatic heterocycles. The van der Waals surface area contributed by atoms with Gasteiger partial charge in [-0.3, -0.25) is 9.59 Å². The van der Waals surface area contributed by atoms with E-state index >= 15 is 0 Å². The first-order chi connectivity index (χ1) is 12.8. The molecule has 2 aromatic rings. The first-order valence-corrected chi connectivity index (χ1v) is 8.37. The van der Waals surface area contributed by atoms with Crippen LogP contribution in [-0.2, 0) is 6.18 Å². The van der Waals surface area contributed by atoms with E-state index in [4.69, 9.17) is 5.73 Å². The smallest absolute Gasteiger partial charge is 0.398 e. The van der Waals surface area contributed by atoms with Gasteiger partial charge in [-0.1, -0.05) is 12.1 Å². The van der Waals surface area contributed by atoms with E-state index in [1.165, 1.54) is 17.0 Å². The van der Waals surface area contributed by atoms with Crippen molar-refractivity contribution < 1.29 is 22.8 Å². The Hall–Kier alpha value is -3.03. The van der Waals surface area contributed by atoms with Crippen molar-refractivity contribution in [1.82, 2.24) is 9.80 Å². The molecule has 2 amide bonds. The molecule has 1 aliphatic rings. The second kappa shape index (κ2) is 7.30. The number of piperazine rings is 1. The molecule has 3 rings (SSSR count). The van der Waals surface area contributed by atoms with Crippen molar-refractivity contribution in [3.63, 3.8) is 0 Å². The summed E-state index contributed by atoms with van der Waals surface area (Å²) in [5.41, 5.74) is 6.03. The van der Waals surface area contributed by atoms with Crippen molar-refractivity contribution in [3.05, 3.63) is 65.2 Å². The van der Waals surface area contributed by atoms with Crippen LogP contribution in [0, 0.1) is 0 Å². The Labute approximate surface area is 154 Å². The Kier molecular flexibility index (Phi) is 5.07. The number of carbonyl (C=O) groups is 2. The molecule has 0 saturated carbocycles. The highest BCUT2D eigenvalue weighted by atomic mass is 19.4. The van der Waals surface area contributed by atoms with Crippen LogP contribution in [0.15, 0.2) is 48.5 Å². The number of anilines is 1. The number of rotatable bonds is 2. The van der Waals surface area contributed by atoms with Gasteiger partial charge in [0.25, 0.3) is 11.8 Å². The molecule has 2 aromatic carbocycles. The zero-order chi connectivity index (χ0) is 19.6. The summed E-state index contributed by atoms with van der Waals surface area (Å²) in [6.07, 6.45) is -4.44. The van der Waals surface area contributed by atoms with Gasteiger partial charge < -0.3 is 15.5 Å². The molecule has 142 valence electrons. The van der Waals surface area contributed by atoms with Gasteiger partial charge in [-0.2, -0.15) is 13.2 Å². The minimum absolute atomic E-state index is 0.190. The molecule has 8 heteroatoms. The summed E-state index contributed by atoms with van der Waals surface area (Å²) >= 11 is 0. The lowest BCUT2D eigenvalue weighted by molar-refractivity contribution is -0.137. The predicted molar refractivity (Wildman–Crippen MR) is 94.1 cm³/mol. The maximum Gasteiger partial charge on any atom is 0.416 e. The number of hydrogen-bond donors (Lipinski definition) is 1. The number of para-hydroxylation sites is 1. The second-order valence-corrected chi connectivity index (χ2v) is 6.25. The predicted octanol–water partition coefficient (Wildman–Crippen LogP) is 2.89. The molecule has 1 saturated heterocycles. The van der Waals surface area contributed by atoms with Gasteiger partial charge in [0, 0.05) is 37.4 Å². The van der Waals surface area contributed by atoms with Crippen LogP contribution in [0.1, 0.15) is 26.3 Å². The van der Waals surface area contributed by atoms with Crippen molar-refractivity contribution >= 4 is 17.5 Å². The van der Waals surface area contributed by atoms with Crippen molar-refractivity contribution in [2.24, 2.45) is 0 Å². The summed E-state index contributed by atoms with van der Waals surface area (Å²) in [6, 6.07) is 10.9. The summed E-state index contributed by atoms with van der Waals surface area (Å²) in [5, 5.41) is 0. The van der Waals surface area contributed by atoms with Gasteiger partial charge in [-0.05, 0) is 36.4 Å². The van der Waals surface area contributed by atoms with Crippen molar-refractivity contribution in [1.29, 1.82) is 0 Å². The van der Waals surface area contributed by atoms with E-state index in [1.54, 1.807) is 29.2 Å². The fraction of sp³-hybridized carbons (Fsp3) is 0.263. The number of nitrogens with two attached hydrogens (primary N) is 1. The van der Waals surface area contributed by atoms with Crippen LogP contribution in [0.3, 0.4) is 0 Å². The van der Waals surface area contributed by atoms with Gasteiger partial charge in [0.2, 0.25) is 0 Å². The van der Waals surface area contributed by atoms with Crippen molar-refractivity contribution in [2.75, 3.05) is 31.9 Å². The Morgan fingerprint density at radius 3 is 1.85 bits per heavy atom. The van der Waals surface area contributed by atoms with Crippen molar-refractivity contribution in [2.45, 2.75) is 6.18 Å². The Morgan fingerprint density at radius 2 is 1.33 bits per heavy atom. The lowest BCUT2D eigenvalue weighted by atomic mass is 10.1. The summed E-state index contributed by atoms with van der Waals surface area (Å²) in [5.74, 6) is -0.551. The number of nitrogen functional groups attached to an aromatic ring is 1. The molecule has 27 heavy (non-hydrogen) atoms. The van der Waals surface area contributed by atoms with Crippen LogP contribution in [0.4, 0.5) is 18.9 Å². The Bertz CT molecular complexity index is 842. The van der Waals surface area contributed by atoms with Crippen LogP contribution in [-0.4, -0.2) is 47.8 Å². The summed E-state index contributed by atoms with van der Waals surface area (Å²) in [7, 11) is 0. The number of hydrogen-bond acceptors (Lipinski definition) is 3. The maximum absolute atomic E-state index is 12.6. The van der Waals surface area contributed by atoms with Crippen LogP contribution < -0.4 is 5.73 Å². The molecule has 0 atom stereocenters. The van der Waals surface area contributed by atoms with E-state index in [-0.39, 0.29) is 17.4 Å². The maximum atomic E-state index is 12.6. The zero-order valence-corrected chi connectivity index (χ0v) is 14.4. The number of nitrogens with zero attached hydrogens (tertiary/aromatic N) is 2. The zero-order valence-electron chi connectivity index (χ0n) is 14.4. The normalized spacial score (nSPS) is 14.9. The molecular formula is C19H18F3N3O2. The van der Waals surface area contributed by atoms with E-state index in [2.05, 4.69) is 0 Å². The third-order valence-corrected chi connectivity index (χ3v) is 4.50. The van der Waals surface area contributed by atoms with Crippen LogP contribution >= 0.6 is 0 Å². The first-order valence-electron chi connectivity index (χ1n) is 8.37. The lowest BCUT2D eigenvalue weighted by Crippen LogP contribution is -2.50. The van der Waals surface area contributed by atoms with Gasteiger partial charge in [0.05, 0.1) is 11.1 Å². The van der Waals surface area contributed by atoms with E-state index in [9.17, 15) is 22.8 Å². The third-order valence-electron chi connectivity index (χ3n) is 4.50. The summed E-state index contributed by atoms with van der Waals surface area (Å²) in [4.78, 5) is 28.2. The van der Waals surface area contributed by atoms with E-state index in [0.717, 1.165) is 12.1 Å². The minimum atomic E-state index is -4.44. The summed E-state index contributed by atoms with van der Waals surface area (Å²) < 4.78 is 37.9. The molecule has 0 unspecified atom stereocenters. The minimum Gasteiger partial charge on any atom is -0.398 e. The fourth-order valence-electron chi connectivity index (χ4n) is 2.96. The molecular weight excluding hydrogens is 359 g/mol. The molecule has 1 fully saturated rings. The SMILES string of the molecule is Nc1ccccc1C(=O)N1CCN(C(=O)c2ccc(C(F)(F)F)cc2)CC1. The Morgan fingerprint density at radius 1 is 0.815 bits per heavy atom. The van der Waals surface area contributed by atoms with Gasteiger partial charge in [0.1, 0.15) is 0 Å². The van der Waals surface area contributed by atoms with E-state index in [1.807, 2.05) is 0 Å². The highest BCUT2D eigenvalue weighted by Crippen LogP contribution is 2.29.